The molecule has 140 valence electrons. The molecule has 0 radical (unpaired) electrons. The van der Waals surface area contributed by atoms with Crippen LogP contribution in [0.15, 0.2) is 35.2 Å². The average Bonchev–Trinajstić information content (AvgIpc) is 2.92. The Morgan fingerprint density at radius 2 is 1.74 bits per heavy atom. The SMILES string of the molecule is COc1cc(/C=C2\SC(=N)N(c3ccc(Cl)c(Cl)c3)C2=O)cc(OC)c1O. The van der Waals surface area contributed by atoms with Gasteiger partial charge >= 0.3 is 0 Å². The molecule has 6 nitrogen and oxygen atoms in total. The lowest BCUT2D eigenvalue weighted by Gasteiger charge is -2.15. The molecule has 1 amide bonds. The molecule has 0 aliphatic carbocycles. The van der Waals surface area contributed by atoms with E-state index in [4.69, 9.17) is 38.1 Å². The third kappa shape index (κ3) is 3.71. The van der Waals surface area contributed by atoms with Crippen molar-refractivity contribution in [2.24, 2.45) is 0 Å². The fraction of sp³-hybridized carbons (Fsp3) is 0.111. The Morgan fingerprint density at radius 3 is 2.30 bits per heavy atom. The van der Waals surface area contributed by atoms with Crippen LogP contribution in [0, 0.1) is 5.41 Å². The van der Waals surface area contributed by atoms with Gasteiger partial charge in [0.05, 0.1) is 34.9 Å². The van der Waals surface area contributed by atoms with E-state index in [1.165, 1.54) is 25.2 Å². The van der Waals surface area contributed by atoms with Crippen LogP contribution in [-0.2, 0) is 4.79 Å². The standard InChI is InChI=1S/C18H14Cl2N2O4S/c1-25-13-5-9(6-14(26-2)16(13)23)7-15-17(24)22(18(21)27-15)10-3-4-11(19)12(20)8-10/h3-8,21,23H,1-2H3/b15-7-,21-18?. The third-order valence-corrected chi connectivity index (χ3v) is 5.41. The minimum Gasteiger partial charge on any atom is -0.502 e. The van der Waals surface area contributed by atoms with Crippen LogP contribution in [0.4, 0.5) is 5.69 Å². The Kier molecular flexibility index (Phi) is 5.55. The normalized spacial score (nSPS) is 15.6. The van der Waals surface area contributed by atoms with E-state index in [0.717, 1.165) is 11.8 Å². The second kappa shape index (κ2) is 7.72. The maximum Gasteiger partial charge on any atom is 0.271 e. The van der Waals surface area contributed by atoms with Crippen molar-refractivity contribution in [1.29, 1.82) is 5.41 Å². The zero-order chi connectivity index (χ0) is 19.7. The first-order chi connectivity index (χ1) is 12.8. The van der Waals surface area contributed by atoms with Crippen molar-refractivity contribution >= 4 is 57.8 Å². The number of ether oxygens (including phenoxy) is 2. The van der Waals surface area contributed by atoms with E-state index in [0.29, 0.717) is 26.2 Å². The van der Waals surface area contributed by atoms with E-state index in [9.17, 15) is 9.90 Å². The number of thioether (sulfide) groups is 1. The van der Waals surface area contributed by atoms with Crippen molar-refractivity contribution in [3.8, 4) is 17.2 Å². The molecule has 9 heteroatoms. The number of amides is 1. The monoisotopic (exact) mass is 424 g/mol. The summed E-state index contributed by atoms with van der Waals surface area (Å²) in [5.41, 5.74) is 1.04. The lowest BCUT2D eigenvalue weighted by atomic mass is 10.1. The number of phenolic OH excluding ortho intramolecular Hbond substituents is 1. The molecule has 27 heavy (non-hydrogen) atoms. The number of anilines is 1. The summed E-state index contributed by atoms with van der Waals surface area (Å²) >= 11 is 13.0. The first-order valence-electron chi connectivity index (χ1n) is 7.58. The highest BCUT2D eigenvalue weighted by Crippen LogP contribution is 2.40. The quantitative estimate of drug-likeness (QED) is 0.690. The summed E-state index contributed by atoms with van der Waals surface area (Å²) < 4.78 is 10.2. The number of aromatic hydroxyl groups is 1. The third-order valence-electron chi connectivity index (χ3n) is 3.78. The van der Waals surface area contributed by atoms with Gasteiger partial charge in [-0.2, -0.15) is 0 Å². The second-order valence-corrected chi connectivity index (χ2v) is 7.27. The highest BCUT2D eigenvalue weighted by Gasteiger charge is 2.34. The van der Waals surface area contributed by atoms with E-state index < -0.39 is 0 Å². The lowest BCUT2D eigenvalue weighted by Crippen LogP contribution is -2.28. The molecule has 3 rings (SSSR count). The molecule has 0 unspecified atom stereocenters. The number of nitrogens with zero attached hydrogens (tertiary/aromatic N) is 1. The maximum absolute atomic E-state index is 12.8. The molecule has 2 aromatic rings. The first-order valence-corrected chi connectivity index (χ1v) is 9.15. The van der Waals surface area contributed by atoms with Crippen molar-refractivity contribution in [3.05, 3.63) is 50.8 Å². The van der Waals surface area contributed by atoms with E-state index in [2.05, 4.69) is 0 Å². The molecule has 0 bridgehead atoms. The smallest absolute Gasteiger partial charge is 0.271 e. The van der Waals surface area contributed by atoms with Gasteiger partial charge in [0.2, 0.25) is 5.75 Å². The topological polar surface area (TPSA) is 82.9 Å². The van der Waals surface area contributed by atoms with Gasteiger partial charge in [0, 0.05) is 0 Å². The van der Waals surface area contributed by atoms with Gasteiger partial charge in [-0.1, -0.05) is 23.2 Å². The minimum atomic E-state index is -0.366. The highest BCUT2D eigenvalue weighted by molar-refractivity contribution is 8.19. The van der Waals surface area contributed by atoms with Gasteiger partial charge in [-0.3, -0.25) is 15.1 Å². The minimum absolute atomic E-state index is 0.0438. The molecule has 1 aliphatic rings. The summed E-state index contributed by atoms with van der Waals surface area (Å²) in [5.74, 6) is -0.0618. The summed E-state index contributed by atoms with van der Waals surface area (Å²) in [7, 11) is 2.84. The lowest BCUT2D eigenvalue weighted by molar-refractivity contribution is -0.113. The number of benzene rings is 2. The Hall–Kier alpha value is -2.35. The maximum atomic E-state index is 12.8. The Morgan fingerprint density at radius 1 is 1.11 bits per heavy atom. The molecule has 0 aromatic heterocycles. The fourth-order valence-corrected chi connectivity index (χ4v) is 3.65. The van der Waals surface area contributed by atoms with Crippen molar-refractivity contribution < 1.29 is 19.4 Å². The van der Waals surface area contributed by atoms with Crippen LogP contribution >= 0.6 is 35.0 Å². The first kappa shape index (κ1) is 19.4. The summed E-state index contributed by atoms with van der Waals surface area (Å²) in [4.78, 5) is 14.4. The molecule has 1 saturated heterocycles. The molecule has 0 spiro atoms. The zero-order valence-electron chi connectivity index (χ0n) is 14.2. The van der Waals surface area contributed by atoms with Gasteiger partial charge in [-0.05, 0) is 53.7 Å². The predicted octanol–water partition coefficient (Wildman–Crippen LogP) is 4.77. The second-order valence-electron chi connectivity index (χ2n) is 5.43. The molecule has 0 saturated carbocycles. The van der Waals surface area contributed by atoms with Crippen molar-refractivity contribution in [2.75, 3.05) is 19.1 Å². The summed E-state index contributed by atoms with van der Waals surface area (Å²) in [6, 6.07) is 7.87. The number of methoxy groups -OCH3 is 2. The van der Waals surface area contributed by atoms with Gasteiger partial charge in [-0.15, -0.1) is 0 Å². The van der Waals surface area contributed by atoms with E-state index >= 15 is 0 Å². The number of carbonyl (C=O) groups is 1. The number of hydrogen-bond acceptors (Lipinski definition) is 6. The largest absolute Gasteiger partial charge is 0.502 e. The van der Waals surface area contributed by atoms with Gasteiger partial charge < -0.3 is 14.6 Å². The van der Waals surface area contributed by atoms with Crippen LogP contribution in [0.2, 0.25) is 10.0 Å². The van der Waals surface area contributed by atoms with E-state index in [1.54, 1.807) is 30.3 Å². The van der Waals surface area contributed by atoms with Crippen LogP contribution in [0.1, 0.15) is 5.56 Å². The highest BCUT2D eigenvalue weighted by atomic mass is 35.5. The van der Waals surface area contributed by atoms with Crippen molar-refractivity contribution in [2.45, 2.75) is 0 Å². The van der Waals surface area contributed by atoms with Gasteiger partial charge in [0.1, 0.15) is 0 Å². The van der Waals surface area contributed by atoms with Crippen LogP contribution in [0.3, 0.4) is 0 Å². The van der Waals surface area contributed by atoms with Crippen LogP contribution < -0.4 is 14.4 Å². The van der Waals surface area contributed by atoms with Gasteiger partial charge in [0.25, 0.3) is 5.91 Å². The number of carbonyl (C=O) groups excluding carboxylic acids is 1. The Balaban J connectivity index is 1.98. The number of nitrogens with one attached hydrogen (secondary N) is 1. The number of rotatable bonds is 4. The van der Waals surface area contributed by atoms with Gasteiger partial charge in [0.15, 0.2) is 16.7 Å². The fourth-order valence-electron chi connectivity index (χ4n) is 2.49. The van der Waals surface area contributed by atoms with Gasteiger partial charge in [-0.25, -0.2) is 0 Å². The molecule has 1 heterocycles. The van der Waals surface area contributed by atoms with E-state index in [-0.39, 0.29) is 28.3 Å². The molecular formula is C18H14Cl2N2O4S. The molecule has 2 N–H and O–H groups in total. The number of halogens is 2. The van der Waals surface area contributed by atoms with Crippen molar-refractivity contribution in [3.63, 3.8) is 0 Å². The zero-order valence-corrected chi connectivity index (χ0v) is 16.6. The number of hydrogen-bond donors (Lipinski definition) is 2. The Labute approximate surface area is 169 Å². The van der Waals surface area contributed by atoms with Crippen LogP contribution in [0.5, 0.6) is 17.2 Å². The Bertz CT molecular complexity index is 953. The average molecular weight is 425 g/mol. The van der Waals surface area contributed by atoms with Crippen LogP contribution in [-0.4, -0.2) is 30.4 Å². The summed E-state index contributed by atoms with van der Waals surface area (Å²) in [6.07, 6.45) is 1.60. The predicted molar refractivity (Wildman–Crippen MR) is 108 cm³/mol. The molecule has 1 fully saturated rings. The molecule has 2 aromatic carbocycles. The molecule has 0 atom stereocenters. The van der Waals surface area contributed by atoms with Crippen molar-refractivity contribution in [1.82, 2.24) is 0 Å². The summed E-state index contributed by atoms with van der Waals surface area (Å²) in [6.45, 7) is 0. The summed E-state index contributed by atoms with van der Waals surface area (Å²) in [5, 5.41) is 18.9. The molecular weight excluding hydrogens is 411 g/mol. The number of phenols is 1. The van der Waals surface area contributed by atoms with E-state index in [1.807, 2.05) is 0 Å². The number of amidine groups is 1. The van der Waals surface area contributed by atoms with Crippen LogP contribution in [0.25, 0.3) is 6.08 Å². The molecule has 1 aliphatic heterocycles.